The van der Waals surface area contributed by atoms with Crippen LogP contribution in [0.5, 0.6) is 0 Å². The van der Waals surface area contributed by atoms with E-state index in [9.17, 15) is 9.90 Å². The van der Waals surface area contributed by atoms with Crippen LogP contribution >= 0.6 is 0 Å². The molecule has 1 saturated heterocycles. The molecule has 0 aliphatic carbocycles. The average Bonchev–Trinajstić information content (AvgIpc) is 2.59. The summed E-state index contributed by atoms with van der Waals surface area (Å²) in [6, 6.07) is 0. The predicted molar refractivity (Wildman–Crippen MR) is 73.7 cm³/mol. The van der Waals surface area contributed by atoms with Gasteiger partial charge in [0.1, 0.15) is 6.10 Å². The molecule has 0 radical (unpaired) electrons. The van der Waals surface area contributed by atoms with Gasteiger partial charge in [-0.05, 0) is 17.8 Å². The Labute approximate surface area is 116 Å². The number of aliphatic hydroxyl groups excluding tert-OH is 1. The van der Waals surface area contributed by atoms with Crippen LogP contribution in [0, 0.1) is 16.2 Å². The van der Waals surface area contributed by atoms with Gasteiger partial charge in [0.25, 0.3) is 0 Å². The van der Waals surface area contributed by atoms with Crippen LogP contribution in [0.15, 0.2) is 0 Å². The number of aliphatic hydroxyl groups is 1. The molecule has 1 fully saturated rings. The fourth-order valence-corrected chi connectivity index (χ4v) is 2.63. The number of hydrogen-bond acceptors (Lipinski definition) is 4. The summed E-state index contributed by atoms with van der Waals surface area (Å²) in [5, 5.41) is 9.71. The molecule has 0 aromatic heterocycles. The molecule has 19 heavy (non-hydrogen) atoms. The Hall–Kier alpha value is -0.610. The number of esters is 1. The highest BCUT2D eigenvalue weighted by Crippen LogP contribution is 2.52. The number of carbonyl (C=O) groups excluding carboxylic acids is 1. The number of ether oxygens (including phenoxy) is 2. The second kappa shape index (κ2) is 5.06. The lowest BCUT2D eigenvalue weighted by atomic mass is 9.55. The normalized spacial score (nSPS) is 25.5. The summed E-state index contributed by atoms with van der Waals surface area (Å²) in [6.45, 7) is 14.7. The second-order valence-corrected chi connectivity index (χ2v) is 7.67. The number of hydrogen-bond donors (Lipinski definition) is 1. The van der Waals surface area contributed by atoms with Gasteiger partial charge in [-0.15, -0.1) is 0 Å². The summed E-state index contributed by atoms with van der Waals surface area (Å²) in [5.74, 6) is -0.262. The zero-order valence-corrected chi connectivity index (χ0v) is 13.2. The van der Waals surface area contributed by atoms with Crippen molar-refractivity contribution in [3.63, 3.8) is 0 Å². The summed E-state index contributed by atoms with van der Waals surface area (Å²) in [7, 11) is 0. The van der Waals surface area contributed by atoms with Gasteiger partial charge in [-0.1, -0.05) is 41.5 Å². The van der Waals surface area contributed by atoms with Crippen molar-refractivity contribution in [3.8, 4) is 0 Å². The van der Waals surface area contributed by atoms with Gasteiger partial charge in [-0.3, -0.25) is 4.79 Å². The first-order valence-corrected chi connectivity index (χ1v) is 6.88. The maximum absolute atomic E-state index is 12.7. The monoisotopic (exact) mass is 272 g/mol. The third-order valence-electron chi connectivity index (χ3n) is 4.67. The molecule has 1 N–H and O–H groups in total. The first kappa shape index (κ1) is 16.4. The molecular formula is C15H28O4. The highest BCUT2D eigenvalue weighted by atomic mass is 16.6. The molecule has 2 atom stereocenters. The molecule has 1 heterocycles. The van der Waals surface area contributed by atoms with Crippen molar-refractivity contribution in [3.05, 3.63) is 0 Å². The van der Waals surface area contributed by atoms with E-state index in [1.54, 1.807) is 0 Å². The van der Waals surface area contributed by atoms with Crippen molar-refractivity contribution >= 4 is 5.97 Å². The van der Waals surface area contributed by atoms with Crippen molar-refractivity contribution in [1.29, 1.82) is 0 Å². The Kier molecular flexibility index (Phi) is 4.38. The maximum atomic E-state index is 12.7. The molecule has 1 rings (SSSR count). The molecule has 2 unspecified atom stereocenters. The molecule has 4 heteroatoms. The van der Waals surface area contributed by atoms with Gasteiger partial charge in [-0.2, -0.15) is 0 Å². The molecule has 112 valence electrons. The van der Waals surface area contributed by atoms with E-state index in [1.807, 2.05) is 48.5 Å². The highest BCUT2D eigenvalue weighted by Gasteiger charge is 2.54. The minimum absolute atomic E-state index is 0.236. The Balaban J connectivity index is 2.97. The average molecular weight is 272 g/mol. The minimum Gasteiger partial charge on any atom is -0.457 e. The quantitative estimate of drug-likeness (QED) is 0.784. The SMILES string of the molecule is CC(C)(C)C(C)(C(=O)OC1COCC1O)C(C)(C)C. The summed E-state index contributed by atoms with van der Waals surface area (Å²) in [4.78, 5) is 12.7. The standard InChI is InChI=1S/C15H28O4/c1-13(2,3)15(7,14(4,5)6)12(17)19-11-9-18-8-10(11)16/h10-11,16H,8-9H2,1-7H3. The predicted octanol–water partition coefficient (Wildman–Crippen LogP) is 2.39. The zero-order chi connectivity index (χ0) is 15.1. The van der Waals surface area contributed by atoms with E-state index in [2.05, 4.69) is 0 Å². The third-order valence-corrected chi connectivity index (χ3v) is 4.67. The summed E-state index contributed by atoms with van der Waals surface area (Å²) < 4.78 is 10.7. The topological polar surface area (TPSA) is 55.8 Å². The summed E-state index contributed by atoms with van der Waals surface area (Å²) in [5.41, 5.74) is -1.14. The van der Waals surface area contributed by atoms with E-state index < -0.39 is 17.6 Å². The van der Waals surface area contributed by atoms with E-state index in [-0.39, 0.29) is 30.0 Å². The lowest BCUT2D eigenvalue weighted by molar-refractivity contribution is -0.181. The molecular weight excluding hydrogens is 244 g/mol. The van der Waals surface area contributed by atoms with Crippen molar-refractivity contribution in [2.24, 2.45) is 16.2 Å². The van der Waals surface area contributed by atoms with Crippen LogP contribution in [0.25, 0.3) is 0 Å². The van der Waals surface area contributed by atoms with Crippen LogP contribution < -0.4 is 0 Å². The van der Waals surface area contributed by atoms with Crippen molar-refractivity contribution in [2.45, 2.75) is 60.7 Å². The molecule has 1 aliphatic heterocycles. The molecule has 0 aromatic carbocycles. The van der Waals surface area contributed by atoms with Crippen LogP contribution in [0.2, 0.25) is 0 Å². The zero-order valence-electron chi connectivity index (χ0n) is 13.2. The highest BCUT2D eigenvalue weighted by molar-refractivity contribution is 5.78. The number of rotatable bonds is 2. The van der Waals surface area contributed by atoms with Gasteiger partial charge in [0.15, 0.2) is 6.10 Å². The third kappa shape index (κ3) is 2.95. The Morgan fingerprint density at radius 2 is 1.53 bits per heavy atom. The Bertz CT molecular complexity index is 321. The van der Waals surface area contributed by atoms with E-state index in [0.717, 1.165) is 0 Å². The first-order valence-electron chi connectivity index (χ1n) is 6.88. The summed E-state index contributed by atoms with van der Waals surface area (Å²) >= 11 is 0. The van der Waals surface area contributed by atoms with E-state index >= 15 is 0 Å². The van der Waals surface area contributed by atoms with Crippen LogP contribution in [-0.4, -0.2) is 36.5 Å². The molecule has 0 saturated carbocycles. The molecule has 4 nitrogen and oxygen atoms in total. The summed E-state index contributed by atoms with van der Waals surface area (Å²) in [6.07, 6.45) is -1.26. The van der Waals surface area contributed by atoms with E-state index in [1.165, 1.54) is 0 Å². The fourth-order valence-electron chi connectivity index (χ4n) is 2.63. The molecule has 0 spiro atoms. The lowest BCUT2D eigenvalue weighted by Crippen LogP contribution is -2.52. The molecule has 0 aromatic rings. The number of carbonyl (C=O) groups is 1. The van der Waals surface area contributed by atoms with Crippen LogP contribution in [-0.2, 0) is 14.3 Å². The van der Waals surface area contributed by atoms with Gasteiger partial charge in [-0.25, -0.2) is 0 Å². The minimum atomic E-state index is -0.715. The van der Waals surface area contributed by atoms with Gasteiger partial charge >= 0.3 is 5.97 Å². The first-order chi connectivity index (χ1) is 8.41. The van der Waals surface area contributed by atoms with Crippen LogP contribution in [0.1, 0.15) is 48.5 Å². The van der Waals surface area contributed by atoms with Crippen molar-refractivity contribution in [2.75, 3.05) is 13.2 Å². The van der Waals surface area contributed by atoms with Gasteiger partial charge in [0.2, 0.25) is 0 Å². The Morgan fingerprint density at radius 3 is 1.84 bits per heavy atom. The van der Waals surface area contributed by atoms with Gasteiger partial charge < -0.3 is 14.6 Å². The largest absolute Gasteiger partial charge is 0.457 e. The Morgan fingerprint density at radius 1 is 1.05 bits per heavy atom. The smallest absolute Gasteiger partial charge is 0.313 e. The van der Waals surface area contributed by atoms with Crippen molar-refractivity contribution < 1.29 is 19.4 Å². The fraction of sp³-hybridized carbons (Fsp3) is 0.933. The second-order valence-electron chi connectivity index (χ2n) is 7.67. The lowest BCUT2D eigenvalue weighted by Gasteiger charge is -2.49. The maximum Gasteiger partial charge on any atom is 0.313 e. The van der Waals surface area contributed by atoms with E-state index in [4.69, 9.17) is 9.47 Å². The molecule has 0 bridgehead atoms. The van der Waals surface area contributed by atoms with Crippen LogP contribution in [0.3, 0.4) is 0 Å². The van der Waals surface area contributed by atoms with Gasteiger partial charge in [0, 0.05) is 0 Å². The van der Waals surface area contributed by atoms with Crippen molar-refractivity contribution in [1.82, 2.24) is 0 Å². The molecule has 0 amide bonds. The molecule has 1 aliphatic rings. The van der Waals surface area contributed by atoms with E-state index in [0.29, 0.717) is 0 Å². The van der Waals surface area contributed by atoms with Crippen LogP contribution in [0.4, 0.5) is 0 Å². The van der Waals surface area contributed by atoms with Gasteiger partial charge in [0.05, 0.1) is 18.6 Å².